The number of para-hydroxylation sites is 2. The number of anilines is 1. The predicted molar refractivity (Wildman–Crippen MR) is 84.0 cm³/mol. The minimum atomic E-state index is -0.460. The normalized spacial score (nSPS) is 13.6. The van der Waals surface area contributed by atoms with Gasteiger partial charge in [0.05, 0.1) is 11.3 Å². The molecule has 3 rings (SSSR count). The van der Waals surface area contributed by atoms with E-state index in [2.05, 4.69) is 10.3 Å². The van der Waals surface area contributed by atoms with Crippen molar-refractivity contribution < 1.29 is 9.59 Å². The summed E-state index contributed by atoms with van der Waals surface area (Å²) in [5.41, 5.74) is 1.63. The number of nitrogens with zero attached hydrogens (tertiary/aromatic N) is 3. The lowest BCUT2D eigenvalue weighted by Gasteiger charge is -2.26. The molecule has 0 bridgehead atoms. The van der Waals surface area contributed by atoms with Gasteiger partial charge in [0.2, 0.25) is 0 Å². The Morgan fingerprint density at radius 1 is 1.05 bits per heavy atom. The number of urea groups is 1. The zero-order valence-corrected chi connectivity index (χ0v) is 11.9. The summed E-state index contributed by atoms with van der Waals surface area (Å²) in [6.07, 6.45) is 1.34. The molecule has 1 heterocycles. The molecule has 110 valence electrons. The molecule has 0 saturated carbocycles. The number of nitrogens with one attached hydrogen (secondary N) is 1. The maximum atomic E-state index is 12.4. The number of fused-ring (bicyclic) bond motifs is 1. The fourth-order valence-corrected chi connectivity index (χ4v) is 2.12. The van der Waals surface area contributed by atoms with Crippen LogP contribution >= 0.6 is 0 Å². The first-order chi connectivity index (χ1) is 10.7. The Kier molecular flexibility index (Phi) is 3.57. The summed E-state index contributed by atoms with van der Waals surface area (Å²) < 4.78 is 0. The first-order valence-electron chi connectivity index (χ1n) is 6.73. The maximum absolute atomic E-state index is 12.4. The molecule has 0 aromatic heterocycles. The molecule has 2 aromatic carbocycles. The summed E-state index contributed by atoms with van der Waals surface area (Å²) in [5.74, 6) is -0.295. The Morgan fingerprint density at radius 2 is 1.73 bits per heavy atom. The van der Waals surface area contributed by atoms with Crippen molar-refractivity contribution in [2.24, 2.45) is 4.99 Å². The highest BCUT2D eigenvalue weighted by Crippen LogP contribution is 2.23. The summed E-state index contributed by atoms with van der Waals surface area (Å²) in [6, 6.07) is 15.5. The number of rotatable bonds is 1. The molecule has 0 saturated heterocycles. The monoisotopic (exact) mass is 294 g/mol. The molecular formula is C16H14N4O2. The van der Waals surface area contributed by atoms with Gasteiger partial charge in [0.15, 0.2) is 0 Å². The van der Waals surface area contributed by atoms with Gasteiger partial charge in [-0.25, -0.2) is 14.8 Å². The summed E-state index contributed by atoms with van der Waals surface area (Å²) in [5, 5.41) is 5.10. The van der Waals surface area contributed by atoms with Gasteiger partial charge in [0.1, 0.15) is 6.34 Å². The van der Waals surface area contributed by atoms with E-state index in [1.165, 1.54) is 18.4 Å². The molecule has 0 fully saturated rings. The molecule has 1 N–H and O–H groups in total. The lowest BCUT2D eigenvalue weighted by atomic mass is 10.1. The molecule has 22 heavy (non-hydrogen) atoms. The van der Waals surface area contributed by atoms with Crippen molar-refractivity contribution in [2.45, 2.75) is 0 Å². The Balaban J connectivity index is 1.86. The van der Waals surface area contributed by atoms with Crippen LogP contribution in [0.4, 0.5) is 16.2 Å². The number of amides is 3. The van der Waals surface area contributed by atoms with Crippen molar-refractivity contribution in [3.63, 3.8) is 0 Å². The third kappa shape index (κ3) is 2.54. The van der Waals surface area contributed by atoms with Crippen molar-refractivity contribution in [3.05, 3.63) is 60.2 Å². The molecule has 0 radical (unpaired) electrons. The minimum absolute atomic E-state index is 0.295. The second-order valence-corrected chi connectivity index (χ2v) is 4.73. The van der Waals surface area contributed by atoms with Crippen LogP contribution in [-0.2, 0) is 0 Å². The molecule has 1 aliphatic rings. The zero-order valence-electron chi connectivity index (χ0n) is 11.9. The number of hydrogen-bond donors (Lipinski definition) is 1. The molecule has 0 aliphatic carbocycles. The molecule has 1 aliphatic heterocycles. The average molecular weight is 294 g/mol. The zero-order chi connectivity index (χ0) is 15.5. The molecule has 6 nitrogen and oxygen atoms in total. The standard InChI is InChI=1S/C16H14N4O2/c1-19-15(21)13-9-5-6-10-14(13)17-11-20(19)16(22)18-12-7-3-2-4-8-12/h2-11H,1H3,(H,18,22). The van der Waals surface area contributed by atoms with E-state index in [0.717, 1.165) is 5.01 Å². The van der Waals surface area contributed by atoms with Gasteiger partial charge in [-0.1, -0.05) is 30.3 Å². The molecule has 0 spiro atoms. The van der Waals surface area contributed by atoms with Crippen LogP contribution in [0.2, 0.25) is 0 Å². The van der Waals surface area contributed by atoms with Crippen LogP contribution in [0.15, 0.2) is 59.6 Å². The largest absolute Gasteiger partial charge is 0.346 e. The van der Waals surface area contributed by atoms with E-state index >= 15 is 0 Å². The number of carbonyl (C=O) groups is 2. The van der Waals surface area contributed by atoms with E-state index in [-0.39, 0.29) is 5.91 Å². The van der Waals surface area contributed by atoms with E-state index in [9.17, 15) is 9.59 Å². The number of hydrazine groups is 1. The molecule has 0 atom stereocenters. The molecule has 6 heteroatoms. The quantitative estimate of drug-likeness (QED) is 0.879. The van der Waals surface area contributed by atoms with Crippen LogP contribution in [0.3, 0.4) is 0 Å². The van der Waals surface area contributed by atoms with Crippen LogP contribution in [0.1, 0.15) is 10.4 Å². The van der Waals surface area contributed by atoms with Crippen LogP contribution < -0.4 is 5.32 Å². The maximum Gasteiger partial charge on any atom is 0.346 e. The first kappa shape index (κ1) is 13.8. The van der Waals surface area contributed by atoms with E-state index in [0.29, 0.717) is 16.9 Å². The number of carbonyl (C=O) groups excluding carboxylic acids is 2. The highest BCUT2D eigenvalue weighted by Gasteiger charge is 2.26. The highest BCUT2D eigenvalue weighted by molar-refractivity contribution is 6.05. The lowest BCUT2D eigenvalue weighted by molar-refractivity contribution is 0.0551. The summed E-state index contributed by atoms with van der Waals surface area (Å²) in [4.78, 5) is 29.0. The van der Waals surface area contributed by atoms with Crippen molar-refractivity contribution in [2.75, 3.05) is 12.4 Å². The van der Waals surface area contributed by atoms with Gasteiger partial charge in [0.25, 0.3) is 5.91 Å². The summed E-state index contributed by atoms with van der Waals surface area (Å²) >= 11 is 0. The van der Waals surface area contributed by atoms with E-state index in [1.54, 1.807) is 36.4 Å². The van der Waals surface area contributed by atoms with Crippen LogP contribution in [-0.4, -0.2) is 35.3 Å². The van der Waals surface area contributed by atoms with Crippen molar-refractivity contribution in [1.29, 1.82) is 0 Å². The van der Waals surface area contributed by atoms with E-state index in [4.69, 9.17) is 0 Å². The topological polar surface area (TPSA) is 65.0 Å². The lowest BCUT2D eigenvalue weighted by Crippen LogP contribution is -2.47. The second-order valence-electron chi connectivity index (χ2n) is 4.73. The molecule has 3 amide bonds. The fraction of sp³-hybridized carbons (Fsp3) is 0.0625. The van der Waals surface area contributed by atoms with Gasteiger partial charge in [0, 0.05) is 12.7 Å². The first-order valence-corrected chi connectivity index (χ1v) is 6.73. The minimum Gasteiger partial charge on any atom is -0.306 e. The van der Waals surface area contributed by atoms with E-state index in [1.807, 2.05) is 18.2 Å². The molecule has 0 unspecified atom stereocenters. The SMILES string of the molecule is CN1C(=O)c2ccccc2N=CN1C(=O)Nc1ccccc1. The van der Waals surface area contributed by atoms with E-state index < -0.39 is 6.03 Å². The third-order valence-corrected chi connectivity index (χ3v) is 3.29. The Hall–Kier alpha value is -3.15. The van der Waals surface area contributed by atoms with Crippen LogP contribution in [0.25, 0.3) is 0 Å². The average Bonchev–Trinajstić information content (AvgIpc) is 2.67. The number of benzene rings is 2. The van der Waals surface area contributed by atoms with Gasteiger partial charge >= 0.3 is 6.03 Å². The molecule has 2 aromatic rings. The predicted octanol–water partition coefficient (Wildman–Crippen LogP) is 2.88. The van der Waals surface area contributed by atoms with Crippen LogP contribution in [0.5, 0.6) is 0 Å². The van der Waals surface area contributed by atoms with Crippen molar-refractivity contribution in [1.82, 2.24) is 10.0 Å². The van der Waals surface area contributed by atoms with Crippen molar-refractivity contribution in [3.8, 4) is 0 Å². The Morgan fingerprint density at radius 3 is 2.50 bits per heavy atom. The van der Waals surface area contributed by atoms with Crippen LogP contribution in [0, 0.1) is 0 Å². The summed E-state index contributed by atoms with van der Waals surface area (Å²) in [7, 11) is 1.53. The second kappa shape index (κ2) is 5.69. The molecular weight excluding hydrogens is 280 g/mol. The highest BCUT2D eigenvalue weighted by atomic mass is 16.2. The van der Waals surface area contributed by atoms with Gasteiger partial charge < -0.3 is 5.32 Å². The third-order valence-electron chi connectivity index (χ3n) is 3.29. The van der Waals surface area contributed by atoms with Gasteiger partial charge in [-0.3, -0.25) is 4.79 Å². The Labute approximate surface area is 127 Å². The van der Waals surface area contributed by atoms with Gasteiger partial charge in [-0.2, -0.15) is 5.01 Å². The summed E-state index contributed by atoms with van der Waals surface area (Å²) in [6.45, 7) is 0. The van der Waals surface area contributed by atoms with Gasteiger partial charge in [-0.05, 0) is 24.3 Å². The van der Waals surface area contributed by atoms with Crippen molar-refractivity contribution >= 4 is 29.7 Å². The Bertz CT molecular complexity index is 743. The smallest absolute Gasteiger partial charge is 0.306 e. The fourth-order valence-electron chi connectivity index (χ4n) is 2.12. The number of hydrogen-bond acceptors (Lipinski definition) is 3. The number of aliphatic imine (C=N–C) groups is 1. The van der Waals surface area contributed by atoms with Gasteiger partial charge in [-0.15, -0.1) is 0 Å².